The summed E-state index contributed by atoms with van der Waals surface area (Å²) >= 11 is 0. The molecule has 122 valence electrons. The quantitative estimate of drug-likeness (QED) is 0.865. The molecule has 0 saturated carbocycles. The van der Waals surface area contributed by atoms with Crippen LogP contribution in [0.25, 0.3) is 0 Å². The maximum absolute atomic E-state index is 13.5. The Morgan fingerprint density at radius 2 is 2.32 bits per heavy atom. The van der Waals surface area contributed by atoms with Crippen LogP contribution in [0.2, 0.25) is 0 Å². The number of carbonyl (C=O) groups is 1. The number of hydrogen-bond donors (Lipinski definition) is 2. The van der Waals surface area contributed by atoms with Gasteiger partial charge in [0.15, 0.2) is 0 Å². The van der Waals surface area contributed by atoms with Crippen LogP contribution in [0.15, 0.2) is 18.2 Å². The number of aryl methyl sites for hydroxylation is 1. The summed E-state index contributed by atoms with van der Waals surface area (Å²) < 4.78 is 18.9. The number of piperidine rings is 1. The molecule has 5 nitrogen and oxygen atoms in total. The largest absolute Gasteiger partial charge is 0.381 e. The number of nitrogens with two attached hydrogens (primary N) is 1. The Balaban J connectivity index is 1.92. The van der Waals surface area contributed by atoms with Crippen molar-refractivity contribution in [1.82, 2.24) is 4.90 Å². The Kier molecular flexibility index (Phi) is 5.88. The van der Waals surface area contributed by atoms with Crippen molar-refractivity contribution in [3.63, 3.8) is 0 Å². The molecule has 0 spiro atoms. The van der Waals surface area contributed by atoms with Crippen molar-refractivity contribution in [2.24, 2.45) is 5.73 Å². The van der Waals surface area contributed by atoms with Crippen LogP contribution in [0.3, 0.4) is 0 Å². The van der Waals surface area contributed by atoms with Crippen LogP contribution in [0.5, 0.6) is 0 Å². The molecule has 1 aromatic rings. The first-order chi connectivity index (χ1) is 10.5. The average Bonchev–Trinajstić information content (AvgIpc) is 2.51. The molecule has 22 heavy (non-hydrogen) atoms. The Bertz CT molecular complexity index is 524. The van der Waals surface area contributed by atoms with Crippen LogP contribution < -0.4 is 11.1 Å². The van der Waals surface area contributed by atoms with Gasteiger partial charge in [-0.25, -0.2) is 4.39 Å². The predicted octanol–water partition coefficient (Wildman–Crippen LogP) is 1.51. The second-order valence-electron chi connectivity index (χ2n) is 5.75. The molecular formula is C16H24FN3O2. The monoisotopic (exact) mass is 309 g/mol. The Labute approximate surface area is 130 Å². The van der Waals surface area contributed by atoms with Crippen molar-refractivity contribution in [3.8, 4) is 0 Å². The van der Waals surface area contributed by atoms with Crippen LogP contribution in [0.1, 0.15) is 18.4 Å². The smallest absolute Gasteiger partial charge is 0.238 e. The lowest BCUT2D eigenvalue weighted by Crippen LogP contribution is -2.50. The van der Waals surface area contributed by atoms with E-state index in [2.05, 4.69) is 10.2 Å². The SMILES string of the molecule is COC1CCN(CC(=O)Nc2ccc(C)c(F)c2)C(CN)C1. The Morgan fingerprint density at radius 3 is 2.95 bits per heavy atom. The molecular weight excluding hydrogens is 285 g/mol. The van der Waals surface area contributed by atoms with Crippen LogP contribution in [0, 0.1) is 12.7 Å². The van der Waals surface area contributed by atoms with Gasteiger partial charge in [-0.05, 0) is 37.5 Å². The molecule has 6 heteroatoms. The fourth-order valence-corrected chi connectivity index (χ4v) is 2.79. The summed E-state index contributed by atoms with van der Waals surface area (Å²) in [6, 6.07) is 4.83. The van der Waals surface area contributed by atoms with Gasteiger partial charge in [0.1, 0.15) is 5.82 Å². The van der Waals surface area contributed by atoms with Crippen molar-refractivity contribution in [2.45, 2.75) is 31.9 Å². The molecule has 1 aliphatic rings. The molecule has 1 aromatic carbocycles. The van der Waals surface area contributed by atoms with E-state index in [1.54, 1.807) is 26.2 Å². The fourth-order valence-electron chi connectivity index (χ4n) is 2.79. The topological polar surface area (TPSA) is 67.6 Å². The van der Waals surface area contributed by atoms with Gasteiger partial charge in [0.2, 0.25) is 5.91 Å². The number of halogens is 1. The van der Waals surface area contributed by atoms with Gasteiger partial charge >= 0.3 is 0 Å². The highest BCUT2D eigenvalue weighted by Gasteiger charge is 2.28. The lowest BCUT2D eigenvalue weighted by molar-refractivity contribution is -0.118. The Morgan fingerprint density at radius 1 is 1.55 bits per heavy atom. The number of likely N-dealkylation sites (tertiary alicyclic amines) is 1. The summed E-state index contributed by atoms with van der Waals surface area (Å²) in [4.78, 5) is 14.2. The first-order valence-electron chi connectivity index (χ1n) is 7.56. The highest BCUT2D eigenvalue weighted by molar-refractivity contribution is 5.92. The minimum atomic E-state index is -0.321. The number of ether oxygens (including phenoxy) is 1. The maximum atomic E-state index is 13.5. The van der Waals surface area contributed by atoms with Gasteiger partial charge in [-0.3, -0.25) is 9.69 Å². The second-order valence-corrected chi connectivity index (χ2v) is 5.75. The van der Waals surface area contributed by atoms with Crippen molar-refractivity contribution < 1.29 is 13.9 Å². The number of rotatable bonds is 5. The molecule has 0 aromatic heterocycles. The first-order valence-corrected chi connectivity index (χ1v) is 7.56. The van der Waals surface area contributed by atoms with E-state index in [0.29, 0.717) is 17.8 Å². The maximum Gasteiger partial charge on any atom is 0.238 e. The lowest BCUT2D eigenvalue weighted by atomic mass is 9.99. The molecule has 0 aliphatic carbocycles. The summed E-state index contributed by atoms with van der Waals surface area (Å²) in [5.41, 5.74) is 6.83. The molecule has 2 rings (SSSR count). The zero-order chi connectivity index (χ0) is 16.1. The lowest BCUT2D eigenvalue weighted by Gasteiger charge is -2.37. The summed E-state index contributed by atoms with van der Waals surface area (Å²) in [5, 5.41) is 2.73. The van der Waals surface area contributed by atoms with Gasteiger partial charge < -0.3 is 15.8 Å². The number of carbonyl (C=O) groups excluding carboxylic acids is 1. The van der Waals surface area contributed by atoms with E-state index in [4.69, 9.17) is 10.5 Å². The standard InChI is InChI=1S/C16H24FN3O2/c1-11-3-4-12(7-15(11)17)19-16(21)10-20-6-5-14(22-2)8-13(20)9-18/h3-4,7,13-14H,5-6,8-10,18H2,1-2H3,(H,19,21). The minimum Gasteiger partial charge on any atom is -0.381 e. The van der Waals surface area contributed by atoms with Gasteiger partial charge in [-0.1, -0.05) is 6.07 Å². The van der Waals surface area contributed by atoms with E-state index < -0.39 is 0 Å². The number of anilines is 1. The third-order valence-electron chi connectivity index (χ3n) is 4.20. The van der Waals surface area contributed by atoms with Gasteiger partial charge in [0.05, 0.1) is 12.6 Å². The van der Waals surface area contributed by atoms with E-state index in [0.717, 1.165) is 19.4 Å². The van der Waals surface area contributed by atoms with E-state index in [-0.39, 0.29) is 30.4 Å². The number of benzene rings is 1. The molecule has 2 unspecified atom stereocenters. The number of nitrogens with one attached hydrogen (secondary N) is 1. The van der Waals surface area contributed by atoms with Crippen molar-refractivity contribution in [1.29, 1.82) is 0 Å². The highest BCUT2D eigenvalue weighted by atomic mass is 19.1. The summed E-state index contributed by atoms with van der Waals surface area (Å²) in [6.45, 7) is 3.21. The predicted molar refractivity (Wildman–Crippen MR) is 84.2 cm³/mol. The third kappa shape index (κ3) is 4.25. The molecule has 1 fully saturated rings. The van der Waals surface area contributed by atoms with E-state index >= 15 is 0 Å². The molecule has 0 bridgehead atoms. The van der Waals surface area contributed by atoms with Crippen molar-refractivity contribution in [3.05, 3.63) is 29.6 Å². The molecule has 0 radical (unpaired) electrons. The van der Waals surface area contributed by atoms with E-state index in [1.807, 2.05) is 0 Å². The average molecular weight is 309 g/mol. The van der Waals surface area contributed by atoms with E-state index in [1.165, 1.54) is 6.07 Å². The van der Waals surface area contributed by atoms with Crippen molar-refractivity contribution in [2.75, 3.05) is 32.1 Å². The molecule has 3 N–H and O–H groups in total. The van der Waals surface area contributed by atoms with Gasteiger partial charge in [-0.15, -0.1) is 0 Å². The number of nitrogens with zero attached hydrogens (tertiary/aromatic N) is 1. The van der Waals surface area contributed by atoms with Gasteiger partial charge in [0.25, 0.3) is 0 Å². The highest BCUT2D eigenvalue weighted by Crippen LogP contribution is 2.19. The Hall–Kier alpha value is -1.50. The normalized spacial score (nSPS) is 22.5. The number of hydrogen-bond acceptors (Lipinski definition) is 4. The summed E-state index contributed by atoms with van der Waals surface area (Å²) in [6.07, 6.45) is 1.93. The third-order valence-corrected chi connectivity index (χ3v) is 4.20. The zero-order valence-corrected chi connectivity index (χ0v) is 13.1. The minimum absolute atomic E-state index is 0.138. The molecule has 2 atom stereocenters. The first kappa shape index (κ1) is 16.9. The molecule has 1 aliphatic heterocycles. The molecule has 1 heterocycles. The molecule has 1 amide bonds. The van der Waals surface area contributed by atoms with Crippen LogP contribution in [0.4, 0.5) is 10.1 Å². The number of amides is 1. The van der Waals surface area contributed by atoms with Crippen LogP contribution >= 0.6 is 0 Å². The fraction of sp³-hybridized carbons (Fsp3) is 0.562. The van der Waals surface area contributed by atoms with Crippen LogP contribution in [-0.2, 0) is 9.53 Å². The number of methoxy groups -OCH3 is 1. The van der Waals surface area contributed by atoms with E-state index in [9.17, 15) is 9.18 Å². The molecule has 1 saturated heterocycles. The van der Waals surface area contributed by atoms with Crippen molar-refractivity contribution >= 4 is 11.6 Å². The van der Waals surface area contributed by atoms with Crippen LogP contribution in [-0.4, -0.2) is 49.7 Å². The van der Waals surface area contributed by atoms with Gasteiger partial charge in [0, 0.05) is 31.9 Å². The second kappa shape index (κ2) is 7.67. The summed E-state index contributed by atoms with van der Waals surface area (Å²) in [7, 11) is 1.70. The van der Waals surface area contributed by atoms with Gasteiger partial charge in [-0.2, -0.15) is 0 Å². The zero-order valence-electron chi connectivity index (χ0n) is 13.1. The summed E-state index contributed by atoms with van der Waals surface area (Å²) in [5.74, 6) is -0.476.